The second-order valence-electron chi connectivity index (χ2n) is 8.78. The van der Waals surface area contributed by atoms with Crippen molar-refractivity contribution in [3.8, 4) is 5.75 Å². The molecule has 33 heavy (non-hydrogen) atoms. The molecule has 0 bridgehead atoms. The van der Waals surface area contributed by atoms with Crippen LogP contribution in [-0.4, -0.2) is 28.7 Å². The molecule has 174 valence electrons. The molecule has 0 amide bonds. The third-order valence-electron chi connectivity index (χ3n) is 5.87. The van der Waals surface area contributed by atoms with Gasteiger partial charge in [0.05, 0.1) is 35.9 Å². The number of carbonyl (C=O) groups is 1. The first-order valence-electron chi connectivity index (χ1n) is 11.9. The van der Waals surface area contributed by atoms with Gasteiger partial charge in [-0.25, -0.2) is 9.78 Å². The van der Waals surface area contributed by atoms with E-state index in [1.807, 2.05) is 55.5 Å². The molecule has 1 aromatic heterocycles. The SMILES string of the molecule is CCCC1=C(C(=O)OCC)C(c2ccc(OCCC(C)C)cc2)n2c(nc3ccccc32)N1. The van der Waals surface area contributed by atoms with Crippen LogP contribution >= 0.6 is 0 Å². The fourth-order valence-electron chi connectivity index (χ4n) is 4.26. The van der Waals surface area contributed by atoms with Gasteiger partial charge in [-0.2, -0.15) is 0 Å². The first-order chi connectivity index (χ1) is 16.0. The summed E-state index contributed by atoms with van der Waals surface area (Å²) in [4.78, 5) is 18.0. The Kier molecular flexibility index (Phi) is 7.02. The van der Waals surface area contributed by atoms with Gasteiger partial charge < -0.3 is 14.8 Å². The Morgan fingerprint density at radius 1 is 1.12 bits per heavy atom. The van der Waals surface area contributed by atoms with E-state index in [4.69, 9.17) is 14.5 Å². The van der Waals surface area contributed by atoms with E-state index in [9.17, 15) is 4.79 Å². The van der Waals surface area contributed by atoms with Gasteiger partial charge in [0, 0.05) is 5.70 Å². The number of hydrogen-bond acceptors (Lipinski definition) is 5. The number of rotatable bonds is 9. The Balaban J connectivity index is 1.80. The zero-order chi connectivity index (χ0) is 23.4. The number of fused-ring (bicyclic) bond motifs is 3. The number of nitrogens with zero attached hydrogens (tertiary/aromatic N) is 2. The van der Waals surface area contributed by atoms with E-state index in [1.165, 1.54) is 0 Å². The summed E-state index contributed by atoms with van der Waals surface area (Å²) >= 11 is 0. The zero-order valence-corrected chi connectivity index (χ0v) is 19.9. The highest BCUT2D eigenvalue weighted by molar-refractivity contribution is 5.94. The highest BCUT2D eigenvalue weighted by Crippen LogP contribution is 2.41. The van der Waals surface area contributed by atoms with Crippen LogP contribution in [0.3, 0.4) is 0 Å². The summed E-state index contributed by atoms with van der Waals surface area (Å²) in [5.74, 6) is 1.88. The monoisotopic (exact) mass is 447 g/mol. The summed E-state index contributed by atoms with van der Waals surface area (Å²) in [7, 11) is 0. The van der Waals surface area contributed by atoms with Gasteiger partial charge in [-0.15, -0.1) is 0 Å². The maximum atomic E-state index is 13.2. The van der Waals surface area contributed by atoms with Crippen molar-refractivity contribution in [3.63, 3.8) is 0 Å². The highest BCUT2D eigenvalue weighted by Gasteiger charge is 2.35. The predicted octanol–water partition coefficient (Wildman–Crippen LogP) is 6.09. The van der Waals surface area contributed by atoms with E-state index >= 15 is 0 Å². The highest BCUT2D eigenvalue weighted by atomic mass is 16.5. The average molecular weight is 448 g/mol. The molecule has 6 nitrogen and oxygen atoms in total. The number of ether oxygens (including phenoxy) is 2. The molecule has 4 rings (SSSR count). The minimum atomic E-state index is -0.334. The molecule has 0 aliphatic carbocycles. The van der Waals surface area contributed by atoms with Gasteiger partial charge in [0.1, 0.15) is 5.75 Å². The average Bonchev–Trinajstić information content (AvgIpc) is 3.17. The lowest BCUT2D eigenvalue weighted by atomic mass is 9.93. The Hall–Kier alpha value is -3.28. The first-order valence-corrected chi connectivity index (χ1v) is 11.9. The molecule has 0 radical (unpaired) electrons. The number of esters is 1. The van der Waals surface area contributed by atoms with Gasteiger partial charge in [-0.05, 0) is 55.5 Å². The minimum absolute atomic E-state index is 0.292. The van der Waals surface area contributed by atoms with Crippen LogP contribution in [-0.2, 0) is 9.53 Å². The molecule has 1 unspecified atom stereocenters. The molecule has 0 saturated heterocycles. The molecule has 1 aliphatic rings. The fourth-order valence-corrected chi connectivity index (χ4v) is 4.26. The molecule has 2 aromatic carbocycles. The summed E-state index contributed by atoms with van der Waals surface area (Å²) < 4.78 is 13.5. The quantitative estimate of drug-likeness (QED) is 0.402. The second kappa shape index (κ2) is 10.1. The second-order valence-corrected chi connectivity index (χ2v) is 8.78. The number of para-hydroxylation sites is 2. The van der Waals surface area contributed by atoms with Crippen molar-refractivity contribution in [1.29, 1.82) is 0 Å². The van der Waals surface area contributed by atoms with Crippen molar-refractivity contribution in [1.82, 2.24) is 9.55 Å². The van der Waals surface area contributed by atoms with Crippen LogP contribution in [0.25, 0.3) is 11.0 Å². The van der Waals surface area contributed by atoms with Crippen LogP contribution in [0.4, 0.5) is 5.95 Å². The van der Waals surface area contributed by atoms with Crippen LogP contribution in [0, 0.1) is 5.92 Å². The third-order valence-corrected chi connectivity index (χ3v) is 5.87. The minimum Gasteiger partial charge on any atom is -0.494 e. The Morgan fingerprint density at radius 2 is 1.88 bits per heavy atom. The summed E-state index contributed by atoms with van der Waals surface area (Å²) in [5.41, 5.74) is 4.37. The summed E-state index contributed by atoms with van der Waals surface area (Å²) in [5, 5.41) is 3.43. The van der Waals surface area contributed by atoms with Crippen LogP contribution in [0.1, 0.15) is 58.6 Å². The number of anilines is 1. The molecule has 3 aromatic rings. The van der Waals surface area contributed by atoms with E-state index in [-0.39, 0.29) is 12.0 Å². The number of nitrogens with one attached hydrogen (secondary N) is 1. The number of aromatic nitrogens is 2. The zero-order valence-electron chi connectivity index (χ0n) is 19.9. The molecule has 2 heterocycles. The van der Waals surface area contributed by atoms with Crippen LogP contribution in [0.2, 0.25) is 0 Å². The van der Waals surface area contributed by atoms with Gasteiger partial charge in [-0.3, -0.25) is 4.57 Å². The topological polar surface area (TPSA) is 65.4 Å². The van der Waals surface area contributed by atoms with Gasteiger partial charge in [-0.1, -0.05) is 51.5 Å². The first kappa shape index (κ1) is 22.9. The van der Waals surface area contributed by atoms with E-state index in [0.29, 0.717) is 24.7 Å². The molecular weight excluding hydrogens is 414 g/mol. The number of carbonyl (C=O) groups excluding carboxylic acids is 1. The van der Waals surface area contributed by atoms with Crippen molar-refractivity contribution in [3.05, 3.63) is 65.4 Å². The van der Waals surface area contributed by atoms with Gasteiger partial charge >= 0.3 is 5.97 Å². The standard InChI is InChI=1S/C27H33N3O3/c1-5-9-22-24(26(31)32-6-2)25(19-12-14-20(15-13-19)33-17-16-18(3)4)30-23-11-8-7-10-21(23)28-27(30)29-22/h7-8,10-15,18,25H,5-6,9,16-17H2,1-4H3,(H,28,29). The number of hydrogen-bond donors (Lipinski definition) is 1. The molecule has 0 spiro atoms. The van der Waals surface area contributed by atoms with Crippen LogP contribution < -0.4 is 10.1 Å². The van der Waals surface area contributed by atoms with E-state index < -0.39 is 0 Å². The van der Waals surface area contributed by atoms with E-state index in [0.717, 1.165) is 53.3 Å². The van der Waals surface area contributed by atoms with Crippen molar-refractivity contribution < 1.29 is 14.3 Å². The fraction of sp³-hybridized carbons (Fsp3) is 0.407. The summed E-state index contributed by atoms with van der Waals surface area (Å²) in [6.07, 6.45) is 2.65. The van der Waals surface area contributed by atoms with Crippen molar-refractivity contribution >= 4 is 23.0 Å². The van der Waals surface area contributed by atoms with Crippen molar-refractivity contribution in [2.75, 3.05) is 18.5 Å². The molecule has 1 N–H and O–H groups in total. The molecule has 6 heteroatoms. The molecule has 1 aliphatic heterocycles. The van der Waals surface area contributed by atoms with E-state index in [1.54, 1.807) is 0 Å². The Morgan fingerprint density at radius 3 is 2.58 bits per heavy atom. The third kappa shape index (κ3) is 4.75. The number of imidazole rings is 1. The lowest BCUT2D eigenvalue weighted by molar-refractivity contribution is -0.139. The van der Waals surface area contributed by atoms with Gasteiger partial charge in [0.2, 0.25) is 5.95 Å². The molecule has 0 saturated carbocycles. The Bertz CT molecular complexity index is 1150. The smallest absolute Gasteiger partial charge is 0.338 e. The summed E-state index contributed by atoms with van der Waals surface area (Å²) in [6.45, 7) is 9.34. The van der Waals surface area contributed by atoms with Crippen molar-refractivity contribution in [2.45, 2.75) is 53.0 Å². The number of allylic oxidation sites excluding steroid dienone is 1. The summed E-state index contributed by atoms with van der Waals surface area (Å²) in [6, 6.07) is 15.7. The van der Waals surface area contributed by atoms with E-state index in [2.05, 4.69) is 30.7 Å². The molecule has 1 atom stereocenters. The van der Waals surface area contributed by atoms with Gasteiger partial charge in [0.15, 0.2) is 0 Å². The largest absolute Gasteiger partial charge is 0.494 e. The maximum Gasteiger partial charge on any atom is 0.338 e. The maximum absolute atomic E-state index is 13.2. The molecule has 0 fully saturated rings. The van der Waals surface area contributed by atoms with Crippen LogP contribution in [0.5, 0.6) is 5.75 Å². The van der Waals surface area contributed by atoms with Gasteiger partial charge in [0.25, 0.3) is 0 Å². The lowest BCUT2D eigenvalue weighted by Crippen LogP contribution is -2.29. The predicted molar refractivity (Wildman–Crippen MR) is 131 cm³/mol. The van der Waals surface area contributed by atoms with Crippen molar-refractivity contribution in [2.24, 2.45) is 5.92 Å². The number of benzene rings is 2. The molecular formula is C27H33N3O3. The Labute approximate surface area is 195 Å². The van der Waals surface area contributed by atoms with Crippen LogP contribution in [0.15, 0.2) is 59.8 Å². The lowest BCUT2D eigenvalue weighted by Gasteiger charge is -2.31. The normalized spacial score (nSPS) is 15.5.